The standard InChI is InChI=1S/C21H35Br2N3O2Si/c1-9-25(10-2)20(13-29(14(3)4,15(5)6)16(7)8)24-21-18(22)11-17(26(27)28)12-19(21)23/h11-12,14-16H,9-10,13H2,1-8H3. The number of aliphatic imine (C=N–C) groups is 1. The summed E-state index contributed by atoms with van der Waals surface area (Å²) in [7, 11) is -1.71. The second kappa shape index (κ2) is 11.0. The van der Waals surface area contributed by atoms with Crippen LogP contribution in [0.4, 0.5) is 11.4 Å². The van der Waals surface area contributed by atoms with Crippen LogP contribution < -0.4 is 0 Å². The first-order valence-electron chi connectivity index (χ1n) is 10.4. The van der Waals surface area contributed by atoms with E-state index in [1.807, 2.05) is 0 Å². The van der Waals surface area contributed by atoms with Crippen LogP contribution in [0.3, 0.4) is 0 Å². The van der Waals surface area contributed by atoms with Gasteiger partial charge in [-0.3, -0.25) is 10.1 Å². The van der Waals surface area contributed by atoms with E-state index in [0.717, 1.165) is 30.7 Å². The highest BCUT2D eigenvalue weighted by Crippen LogP contribution is 2.46. The van der Waals surface area contributed by atoms with E-state index in [9.17, 15) is 10.1 Å². The third-order valence-electron chi connectivity index (χ3n) is 6.27. The molecule has 0 N–H and O–H groups in total. The molecule has 8 heteroatoms. The zero-order chi connectivity index (χ0) is 22.5. The summed E-state index contributed by atoms with van der Waals surface area (Å²) in [5, 5.41) is 11.2. The van der Waals surface area contributed by atoms with E-state index < -0.39 is 8.07 Å². The Bertz CT molecular complexity index is 703. The summed E-state index contributed by atoms with van der Waals surface area (Å²) in [6.07, 6.45) is 0. The summed E-state index contributed by atoms with van der Waals surface area (Å²) in [5.41, 5.74) is 2.66. The lowest BCUT2D eigenvalue weighted by Crippen LogP contribution is -2.49. The molecule has 1 aromatic rings. The van der Waals surface area contributed by atoms with Crippen molar-refractivity contribution >= 4 is 57.1 Å². The lowest BCUT2D eigenvalue weighted by Gasteiger charge is -2.44. The second-order valence-electron chi connectivity index (χ2n) is 8.47. The molecule has 0 aliphatic carbocycles. The number of nitro groups is 1. The molecule has 0 heterocycles. The topological polar surface area (TPSA) is 58.7 Å². The molecule has 0 radical (unpaired) electrons. The van der Waals surface area contributed by atoms with Gasteiger partial charge in [-0.05, 0) is 45.7 Å². The maximum Gasteiger partial charge on any atom is 0.271 e. The maximum atomic E-state index is 11.2. The van der Waals surface area contributed by atoms with Gasteiger partial charge in [-0.2, -0.15) is 0 Å². The molecule has 0 aliphatic heterocycles. The minimum atomic E-state index is -1.71. The lowest BCUT2D eigenvalue weighted by molar-refractivity contribution is -0.385. The number of halogens is 2. The fraction of sp³-hybridized carbons (Fsp3) is 0.667. The van der Waals surface area contributed by atoms with Gasteiger partial charge in [0.15, 0.2) is 0 Å². The van der Waals surface area contributed by atoms with Gasteiger partial charge in [0.1, 0.15) is 5.84 Å². The van der Waals surface area contributed by atoms with Gasteiger partial charge in [-0.1, -0.05) is 58.2 Å². The van der Waals surface area contributed by atoms with Crippen LogP contribution in [0.15, 0.2) is 26.1 Å². The molecule has 5 nitrogen and oxygen atoms in total. The number of nitro benzene ring substituents is 1. The molecule has 0 aromatic heterocycles. The van der Waals surface area contributed by atoms with Crippen molar-refractivity contribution in [2.24, 2.45) is 4.99 Å². The van der Waals surface area contributed by atoms with Crippen LogP contribution in [0.2, 0.25) is 22.7 Å². The Morgan fingerprint density at radius 3 is 1.76 bits per heavy atom. The van der Waals surface area contributed by atoms with Gasteiger partial charge < -0.3 is 4.90 Å². The van der Waals surface area contributed by atoms with Crippen LogP contribution in [-0.2, 0) is 0 Å². The molecule has 0 saturated carbocycles. The van der Waals surface area contributed by atoms with Crippen molar-refractivity contribution in [1.29, 1.82) is 0 Å². The zero-order valence-corrected chi connectivity index (χ0v) is 23.1. The minimum Gasteiger partial charge on any atom is -0.361 e. The predicted octanol–water partition coefficient (Wildman–Crippen LogP) is 8.17. The average molecular weight is 549 g/mol. The quantitative estimate of drug-likeness (QED) is 0.103. The number of rotatable bonds is 9. The largest absolute Gasteiger partial charge is 0.361 e. The molecule has 0 spiro atoms. The van der Waals surface area contributed by atoms with Crippen molar-refractivity contribution in [3.05, 3.63) is 31.2 Å². The summed E-state index contributed by atoms with van der Waals surface area (Å²) in [6, 6.07) is 4.06. The molecule has 0 aliphatic rings. The van der Waals surface area contributed by atoms with Gasteiger partial charge >= 0.3 is 0 Å². The summed E-state index contributed by atoms with van der Waals surface area (Å²) in [4.78, 5) is 18.2. The van der Waals surface area contributed by atoms with Crippen LogP contribution in [0.5, 0.6) is 0 Å². The molecule has 0 fully saturated rings. The van der Waals surface area contributed by atoms with E-state index >= 15 is 0 Å². The normalized spacial score (nSPS) is 12.9. The Kier molecular flexibility index (Phi) is 10.0. The second-order valence-corrected chi connectivity index (χ2v) is 16.2. The molecule has 0 atom stereocenters. The average Bonchev–Trinajstić information content (AvgIpc) is 2.61. The number of hydrogen-bond donors (Lipinski definition) is 0. The van der Waals surface area contributed by atoms with Crippen molar-refractivity contribution in [2.75, 3.05) is 13.1 Å². The Hall–Kier alpha value is -0.733. The highest BCUT2D eigenvalue weighted by Gasteiger charge is 2.44. The molecule has 0 unspecified atom stereocenters. The van der Waals surface area contributed by atoms with Crippen LogP contribution in [-0.4, -0.2) is 36.8 Å². The first-order valence-corrected chi connectivity index (χ1v) is 14.4. The SMILES string of the molecule is CCN(CC)C(C[Si](C(C)C)(C(C)C)C(C)C)=Nc1c(Br)cc([N+](=O)[O-])cc1Br. The van der Waals surface area contributed by atoms with Crippen molar-refractivity contribution < 1.29 is 4.92 Å². The molecule has 1 rings (SSSR count). The number of nitrogens with zero attached hydrogens (tertiary/aromatic N) is 3. The number of benzene rings is 1. The fourth-order valence-corrected chi connectivity index (χ4v) is 12.0. The molecular formula is C21H35Br2N3O2Si. The minimum absolute atomic E-state index is 0.0438. The summed E-state index contributed by atoms with van der Waals surface area (Å²) in [6.45, 7) is 20.3. The van der Waals surface area contributed by atoms with Crippen LogP contribution in [0, 0.1) is 10.1 Å². The van der Waals surface area contributed by atoms with Gasteiger partial charge in [-0.15, -0.1) is 0 Å². The summed E-state index contributed by atoms with van der Waals surface area (Å²) >= 11 is 7.01. The number of non-ortho nitro benzene ring substituents is 1. The summed E-state index contributed by atoms with van der Waals surface area (Å²) < 4.78 is 1.27. The first kappa shape index (κ1) is 26.3. The Labute approximate surface area is 193 Å². The van der Waals surface area contributed by atoms with E-state index in [1.165, 1.54) is 12.1 Å². The van der Waals surface area contributed by atoms with Gasteiger partial charge in [-0.25, -0.2) is 4.99 Å². The molecule has 164 valence electrons. The highest BCUT2D eigenvalue weighted by atomic mass is 79.9. The monoisotopic (exact) mass is 547 g/mol. The lowest BCUT2D eigenvalue weighted by atomic mass is 10.3. The third-order valence-corrected chi connectivity index (χ3v) is 14.9. The fourth-order valence-electron chi connectivity index (χ4n) is 4.59. The molecule has 29 heavy (non-hydrogen) atoms. The van der Waals surface area contributed by atoms with Crippen LogP contribution in [0.25, 0.3) is 0 Å². The smallest absolute Gasteiger partial charge is 0.271 e. The van der Waals surface area contributed by atoms with Crippen LogP contribution >= 0.6 is 31.9 Å². The van der Waals surface area contributed by atoms with E-state index in [4.69, 9.17) is 4.99 Å². The summed E-state index contributed by atoms with van der Waals surface area (Å²) in [5.74, 6) is 1.09. The molecular weight excluding hydrogens is 514 g/mol. The predicted molar refractivity (Wildman–Crippen MR) is 134 cm³/mol. The van der Waals surface area contributed by atoms with Gasteiger partial charge in [0, 0.05) is 31.3 Å². The van der Waals surface area contributed by atoms with E-state index in [0.29, 0.717) is 25.6 Å². The third kappa shape index (κ3) is 5.91. The van der Waals surface area contributed by atoms with Gasteiger partial charge in [0.2, 0.25) is 0 Å². The van der Waals surface area contributed by atoms with Crippen molar-refractivity contribution in [2.45, 2.75) is 78.1 Å². The molecule has 1 aromatic carbocycles. The molecule has 0 saturated heterocycles. The zero-order valence-electron chi connectivity index (χ0n) is 18.9. The number of amidine groups is 1. The van der Waals surface area contributed by atoms with E-state index in [-0.39, 0.29) is 10.6 Å². The first-order chi connectivity index (χ1) is 13.4. The van der Waals surface area contributed by atoms with Crippen molar-refractivity contribution in [3.63, 3.8) is 0 Å². The Morgan fingerprint density at radius 1 is 1.03 bits per heavy atom. The van der Waals surface area contributed by atoms with Crippen molar-refractivity contribution in [3.8, 4) is 0 Å². The van der Waals surface area contributed by atoms with Crippen LogP contribution in [0.1, 0.15) is 55.4 Å². The molecule has 0 amide bonds. The van der Waals surface area contributed by atoms with Gasteiger partial charge in [0.25, 0.3) is 5.69 Å². The number of hydrogen-bond acceptors (Lipinski definition) is 3. The van der Waals surface area contributed by atoms with E-state index in [2.05, 4.69) is 92.1 Å². The van der Waals surface area contributed by atoms with Gasteiger partial charge in [0.05, 0.1) is 27.6 Å². The highest BCUT2D eigenvalue weighted by molar-refractivity contribution is 9.11. The Balaban J connectivity index is 3.65. The Morgan fingerprint density at radius 2 is 1.45 bits per heavy atom. The van der Waals surface area contributed by atoms with Crippen molar-refractivity contribution in [1.82, 2.24) is 4.90 Å². The maximum absolute atomic E-state index is 11.2. The van der Waals surface area contributed by atoms with E-state index in [1.54, 1.807) is 0 Å². The molecule has 0 bridgehead atoms.